The van der Waals surface area contributed by atoms with Gasteiger partial charge in [0, 0.05) is 12.1 Å². The maximum Gasteiger partial charge on any atom is 0.335 e. The molecule has 0 aliphatic carbocycles. The van der Waals surface area contributed by atoms with Crippen LogP contribution in [0.2, 0.25) is 0 Å². The van der Waals surface area contributed by atoms with Crippen LogP contribution in [-0.4, -0.2) is 19.6 Å². The van der Waals surface area contributed by atoms with Crippen LogP contribution in [0, 0.1) is 17.0 Å². The molecule has 0 saturated heterocycles. The zero-order valence-corrected chi connectivity index (χ0v) is 9.78. The average Bonchev–Trinajstić information content (AvgIpc) is 2.37. The van der Waals surface area contributed by atoms with Crippen LogP contribution in [0.4, 0.5) is 5.69 Å². The Labute approximate surface area is 105 Å². The minimum absolute atomic E-state index is 0.0158. The second-order valence-electron chi connectivity index (χ2n) is 3.82. The largest absolute Gasteiger partial charge is 0.494 e. The predicted molar refractivity (Wildman–Crippen MR) is 65.7 cm³/mol. The summed E-state index contributed by atoms with van der Waals surface area (Å²) in [5, 5.41) is 20.3. The molecule has 0 aliphatic rings. The zero-order valence-electron chi connectivity index (χ0n) is 9.78. The van der Waals surface area contributed by atoms with Crippen molar-refractivity contribution in [1.82, 2.24) is 9.55 Å². The molecule has 8 heteroatoms. The highest BCUT2D eigenvalue weighted by atomic mass is 16.6. The molecule has 19 heavy (non-hydrogen) atoms. The first-order valence-electron chi connectivity index (χ1n) is 5.21. The van der Waals surface area contributed by atoms with Gasteiger partial charge in [-0.3, -0.25) is 19.9 Å². The molecule has 1 heterocycles. The van der Waals surface area contributed by atoms with Crippen molar-refractivity contribution in [3.05, 3.63) is 60.8 Å². The van der Waals surface area contributed by atoms with Crippen LogP contribution in [0.3, 0.4) is 0 Å². The molecule has 1 aromatic heterocycles. The number of nitro groups is 1. The molecule has 2 rings (SSSR count). The maximum absolute atomic E-state index is 11.6. The van der Waals surface area contributed by atoms with Crippen LogP contribution < -0.4 is 11.2 Å². The molecular formula is C11H9N3O5. The van der Waals surface area contributed by atoms with Gasteiger partial charge < -0.3 is 5.11 Å². The second-order valence-corrected chi connectivity index (χ2v) is 3.82. The molecule has 0 aliphatic heterocycles. The van der Waals surface area contributed by atoms with Gasteiger partial charge in [-0.1, -0.05) is 0 Å². The summed E-state index contributed by atoms with van der Waals surface area (Å²) in [6.07, 6.45) is 0. The van der Waals surface area contributed by atoms with Crippen LogP contribution in [0.5, 0.6) is 5.88 Å². The number of nitrogens with zero attached hydrogens (tertiary/aromatic N) is 2. The lowest BCUT2D eigenvalue weighted by atomic mass is 10.2. The molecule has 8 nitrogen and oxygen atoms in total. The van der Waals surface area contributed by atoms with E-state index in [0.717, 1.165) is 4.57 Å². The fraction of sp³-hybridized carbons (Fsp3) is 0.0909. The Morgan fingerprint density at radius 3 is 2.37 bits per heavy atom. The lowest BCUT2D eigenvalue weighted by molar-refractivity contribution is -0.384. The Morgan fingerprint density at radius 1 is 1.26 bits per heavy atom. The van der Waals surface area contributed by atoms with Crippen molar-refractivity contribution in [3.63, 3.8) is 0 Å². The summed E-state index contributed by atoms with van der Waals surface area (Å²) >= 11 is 0. The summed E-state index contributed by atoms with van der Waals surface area (Å²) in [5.41, 5.74) is -1.44. The van der Waals surface area contributed by atoms with Gasteiger partial charge in [-0.25, -0.2) is 9.36 Å². The fourth-order valence-electron chi connectivity index (χ4n) is 1.58. The zero-order chi connectivity index (χ0) is 14.2. The van der Waals surface area contributed by atoms with Gasteiger partial charge in [0.05, 0.1) is 16.2 Å². The summed E-state index contributed by atoms with van der Waals surface area (Å²) in [7, 11) is 0. The van der Waals surface area contributed by atoms with E-state index in [2.05, 4.69) is 0 Å². The van der Waals surface area contributed by atoms with Crippen molar-refractivity contribution in [3.8, 4) is 11.6 Å². The second kappa shape index (κ2) is 4.41. The Bertz CT molecular complexity index is 757. The molecule has 0 amide bonds. The van der Waals surface area contributed by atoms with Crippen molar-refractivity contribution < 1.29 is 10.0 Å². The first-order chi connectivity index (χ1) is 8.91. The molecule has 1 aromatic carbocycles. The van der Waals surface area contributed by atoms with Gasteiger partial charge in [-0.05, 0) is 19.1 Å². The van der Waals surface area contributed by atoms with Gasteiger partial charge in [-0.15, -0.1) is 0 Å². The molecule has 2 aromatic rings. The lowest BCUT2D eigenvalue weighted by Crippen LogP contribution is -2.30. The molecule has 0 fully saturated rings. The van der Waals surface area contributed by atoms with Crippen molar-refractivity contribution in [2.45, 2.75) is 6.92 Å². The highest BCUT2D eigenvalue weighted by Crippen LogP contribution is 2.18. The smallest absolute Gasteiger partial charge is 0.335 e. The number of aromatic amines is 1. The summed E-state index contributed by atoms with van der Waals surface area (Å²) in [6, 6.07) is 5.00. The maximum atomic E-state index is 11.6. The third kappa shape index (κ3) is 2.10. The van der Waals surface area contributed by atoms with Crippen LogP contribution >= 0.6 is 0 Å². The molecule has 98 valence electrons. The fourth-order valence-corrected chi connectivity index (χ4v) is 1.58. The van der Waals surface area contributed by atoms with E-state index in [1.54, 1.807) is 0 Å². The van der Waals surface area contributed by atoms with Gasteiger partial charge in [0.1, 0.15) is 0 Å². The van der Waals surface area contributed by atoms with Crippen molar-refractivity contribution in [2.75, 3.05) is 0 Å². The number of hydrogen-bond donors (Lipinski definition) is 2. The quantitative estimate of drug-likeness (QED) is 0.602. The third-order valence-electron chi connectivity index (χ3n) is 2.63. The minimum Gasteiger partial charge on any atom is -0.494 e. The molecule has 0 unspecified atom stereocenters. The van der Waals surface area contributed by atoms with Gasteiger partial charge >= 0.3 is 5.69 Å². The third-order valence-corrected chi connectivity index (χ3v) is 2.63. The summed E-state index contributed by atoms with van der Waals surface area (Å²) in [6.45, 7) is 1.36. The number of nitrogens with one attached hydrogen (secondary N) is 1. The number of non-ortho nitro benzene ring substituents is 1. The minimum atomic E-state index is -0.818. The number of benzene rings is 1. The average molecular weight is 263 g/mol. The Morgan fingerprint density at radius 2 is 1.84 bits per heavy atom. The van der Waals surface area contributed by atoms with Gasteiger partial charge in [0.25, 0.3) is 11.2 Å². The van der Waals surface area contributed by atoms with Crippen molar-refractivity contribution in [2.24, 2.45) is 0 Å². The van der Waals surface area contributed by atoms with E-state index in [0.29, 0.717) is 0 Å². The molecule has 2 N–H and O–H groups in total. The van der Waals surface area contributed by atoms with E-state index in [-0.39, 0.29) is 16.9 Å². The molecule has 0 radical (unpaired) electrons. The Kier molecular flexibility index (Phi) is 2.91. The number of aromatic hydroxyl groups is 1. The van der Waals surface area contributed by atoms with Crippen LogP contribution in [0.1, 0.15) is 5.56 Å². The van der Waals surface area contributed by atoms with E-state index in [1.165, 1.54) is 31.2 Å². The van der Waals surface area contributed by atoms with Crippen LogP contribution in [0.25, 0.3) is 5.69 Å². The predicted octanol–water partition coefficient (Wildman–Crippen LogP) is 0.448. The standard InChI is InChI=1S/C11H9N3O5/c1-6-9(15)12-11(17)13(10(6)16)7-2-4-8(5-3-7)14(18)19/h2-5,16H,1H3,(H,12,15,17). The van der Waals surface area contributed by atoms with Crippen molar-refractivity contribution >= 4 is 5.69 Å². The highest BCUT2D eigenvalue weighted by Gasteiger charge is 2.13. The number of H-pyrrole nitrogens is 1. The van der Waals surface area contributed by atoms with E-state index in [1.807, 2.05) is 4.98 Å². The van der Waals surface area contributed by atoms with Gasteiger partial charge in [0.15, 0.2) is 0 Å². The lowest BCUT2D eigenvalue weighted by Gasteiger charge is -2.08. The molecule has 0 saturated carbocycles. The van der Waals surface area contributed by atoms with E-state index >= 15 is 0 Å². The number of aromatic nitrogens is 2. The van der Waals surface area contributed by atoms with Gasteiger partial charge in [0.2, 0.25) is 5.88 Å². The number of hydrogen-bond acceptors (Lipinski definition) is 5. The van der Waals surface area contributed by atoms with Gasteiger partial charge in [-0.2, -0.15) is 0 Å². The number of nitro benzene ring substituents is 1. The Hall–Kier alpha value is -2.90. The first-order valence-corrected chi connectivity index (χ1v) is 5.21. The summed E-state index contributed by atoms with van der Waals surface area (Å²) in [5.74, 6) is -0.498. The topological polar surface area (TPSA) is 118 Å². The first kappa shape index (κ1) is 12.6. The molecular weight excluding hydrogens is 254 g/mol. The summed E-state index contributed by atoms with van der Waals surface area (Å²) in [4.78, 5) is 34.9. The van der Waals surface area contributed by atoms with Crippen LogP contribution in [0.15, 0.2) is 33.9 Å². The van der Waals surface area contributed by atoms with E-state index < -0.39 is 22.1 Å². The van der Waals surface area contributed by atoms with Crippen molar-refractivity contribution in [1.29, 1.82) is 0 Å². The molecule has 0 bridgehead atoms. The number of rotatable bonds is 2. The van der Waals surface area contributed by atoms with E-state index in [9.17, 15) is 24.8 Å². The molecule has 0 spiro atoms. The summed E-state index contributed by atoms with van der Waals surface area (Å²) < 4.78 is 0.862. The normalized spacial score (nSPS) is 10.4. The molecule has 0 atom stereocenters. The highest BCUT2D eigenvalue weighted by molar-refractivity contribution is 5.43. The van der Waals surface area contributed by atoms with Crippen LogP contribution in [-0.2, 0) is 0 Å². The monoisotopic (exact) mass is 263 g/mol. The SMILES string of the molecule is Cc1c(O)n(-c2ccc([N+](=O)[O-])cc2)c(=O)[nH]c1=O. The van der Waals surface area contributed by atoms with E-state index in [4.69, 9.17) is 0 Å². The Balaban J connectivity index is 2.66.